The topological polar surface area (TPSA) is 65.2 Å². The molecular weight excluding hydrogens is 218 g/mol. The summed E-state index contributed by atoms with van der Waals surface area (Å²) >= 11 is 0. The van der Waals surface area contributed by atoms with Crippen molar-refractivity contribution in [3.05, 3.63) is 33.7 Å². The van der Waals surface area contributed by atoms with E-state index in [0.29, 0.717) is 6.54 Å². The van der Waals surface area contributed by atoms with Gasteiger partial charge >= 0.3 is 0 Å². The van der Waals surface area contributed by atoms with E-state index in [4.69, 9.17) is 0 Å². The number of H-pyrrole nitrogens is 1. The lowest BCUT2D eigenvalue weighted by molar-refractivity contribution is 0.0942. The molecule has 1 unspecified atom stereocenters. The summed E-state index contributed by atoms with van der Waals surface area (Å²) < 4.78 is 0. The molecule has 0 fully saturated rings. The van der Waals surface area contributed by atoms with Crippen molar-refractivity contribution in [2.24, 2.45) is 0 Å². The van der Waals surface area contributed by atoms with Crippen molar-refractivity contribution in [3.8, 4) is 0 Å². The second-order valence-corrected chi connectivity index (χ2v) is 4.42. The molecule has 1 amide bonds. The highest BCUT2D eigenvalue weighted by atomic mass is 16.2. The number of nitrogens with zero attached hydrogens (tertiary/aromatic N) is 1. The van der Waals surface area contributed by atoms with Gasteiger partial charge in [0.15, 0.2) is 5.43 Å². The first kappa shape index (κ1) is 13.4. The molecule has 2 N–H and O–H groups in total. The summed E-state index contributed by atoms with van der Waals surface area (Å²) in [5.74, 6) is -0.333. The lowest BCUT2D eigenvalue weighted by Gasteiger charge is -2.19. The maximum absolute atomic E-state index is 11.8. The molecule has 94 valence electrons. The zero-order valence-electron chi connectivity index (χ0n) is 10.7. The molecule has 0 aliphatic heterocycles. The number of nitrogens with one attached hydrogen (secondary N) is 2. The minimum Gasteiger partial charge on any atom is -0.364 e. The van der Waals surface area contributed by atoms with Crippen LogP contribution >= 0.6 is 0 Å². The smallest absolute Gasteiger partial charge is 0.256 e. The second kappa shape index (κ2) is 5.63. The number of amides is 1. The monoisotopic (exact) mass is 237 g/mol. The Balaban J connectivity index is 2.68. The number of hydrogen-bond donors (Lipinski definition) is 2. The first-order chi connectivity index (χ1) is 7.91. The first-order valence-corrected chi connectivity index (χ1v) is 5.55. The van der Waals surface area contributed by atoms with Crippen molar-refractivity contribution in [3.63, 3.8) is 0 Å². The summed E-state index contributed by atoms with van der Waals surface area (Å²) in [4.78, 5) is 28.2. The fraction of sp³-hybridized carbons (Fsp3) is 0.500. The Kier molecular flexibility index (Phi) is 4.45. The molecule has 17 heavy (non-hydrogen) atoms. The van der Waals surface area contributed by atoms with Crippen LogP contribution in [0.1, 0.15) is 23.0 Å². The van der Waals surface area contributed by atoms with E-state index in [2.05, 4.69) is 10.3 Å². The number of carbonyl (C=O) groups excluding carboxylic acids is 1. The van der Waals surface area contributed by atoms with E-state index in [1.54, 1.807) is 6.92 Å². The number of rotatable bonds is 4. The molecule has 0 spiro atoms. The molecule has 1 aromatic rings. The fourth-order valence-electron chi connectivity index (χ4n) is 1.27. The third-order valence-corrected chi connectivity index (χ3v) is 2.74. The molecule has 0 aliphatic carbocycles. The van der Waals surface area contributed by atoms with Gasteiger partial charge in [0.1, 0.15) is 5.56 Å². The Bertz CT molecular complexity index is 451. The normalized spacial score (nSPS) is 12.5. The van der Waals surface area contributed by atoms with Crippen LogP contribution in [0.2, 0.25) is 0 Å². The summed E-state index contributed by atoms with van der Waals surface area (Å²) in [7, 11) is 3.88. The standard InChI is InChI=1S/C12H19N3O2/c1-8-5-11(16)10(7-13-8)12(17)14-6-9(2)15(3)4/h5,7,9H,6H2,1-4H3,(H,13,16)(H,14,17). The van der Waals surface area contributed by atoms with Crippen LogP contribution in [0.3, 0.4) is 0 Å². The molecule has 1 heterocycles. The van der Waals surface area contributed by atoms with E-state index < -0.39 is 0 Å². The summed E-state index contributed by atoms with van der Waals surface area (Å²) in [6.07, 6.45) is 1.45. The Morgan fingerprint density at radius 2 is 2.18 bits per heavy atom. The van der Waals surface area contributed by atoms with E-state index in [-0.39, 0.29) is 22.9 Å². The van der Waals surface area contributed by atoms with Crippen molar-refractivity contribution in [1.82, 2.24) is 15.2 Å². The average Bonchev–Trinajstić information content (AvgIpc) is 2.25. The van der Waals surface area contributed by atoms with Gasteiger partial charge in [0.2, 0.25) is 0 Å². The van der Waals surface area contributed by atoms with E-state index in [0.717, 1.165) is 5.69 Å². The quantitative estimate of drug-likeness (QED) is 0.795. The number of likely N-dealkylation sites (N-methyl/N-ethyl adjacent to an activating group) is 1. The molecule has 0 radical (unpaired) electrons. The van der Waals surface area contributed by atoms with Crippen molar-refractivity contribution < 1.29 is 4.79 Å². The number of hydrogen-bond acceptors (Lipinski definition) is 3. The van der Waals surface area contributed by atoms with Gasteiger partial charge < -0.3 is 15.2 Å². The molecule has 5 heteroatoms. The summed E-state index contributed by atoms with van der Waals surface area (Å²) in [6.45, 7) is 4.29. The highest BCUT2D eigenvalue weighted by Crippen LogP contribution is 1.94. The van der Waals surface area contributed by atoms with Crippen LogP contribution in [-0.2, 0) is 0 Å². The summed E-state index contributed by atoms with van der Waals surface area (Å²) in [6, 6.07) is 1.65. The molecule has 0 bridgehead atoms. The molecule has 1 atom stereocenters. The number of aromatic amines is 1. The van der Waals surface area contributed by atoms with E-state index >= 15 is 0 Å². The van der Waals surface area contributed by atoms with Gasteiger partial charge in [-0.1, -0.05) is 0 Å². The lowest BCUT2D eigenvalue weighted by atomic mass is 10.2. The van der Waals surface area contributed by atoms with Crippen LogP contribution in [0, 0.1) is 6.92 Å². The van der Waals surface area contributed by atoms with Crippen molar-refractivity contribution >= 4 is 5.91 Å². The highest BCUT2D eigenvalue weighted by Gasteiger charge is 2.11. The van der Waals surface area contributed by atoms with Gasteiger partial charge in [-0.3, -0.25) is 9.59 Å². The number of pyridine rings is 1. The average molecular weight is 237 g/mol. The van der Waals surface area contributed by atoms with Crippen LogP contribution in [0.4, 0.5) is 0 Å². The van der Waals surface area contributed by atoms with Crippen molar-refractivity contribution in [2.75, 3.05) is 20.6 Å². The van der Waals surface area contributed by atoms with Crippen LogP contribution < -0.4 is 10.7 Å². The lowest BCUT2D eigenvalue weighted by Crippen LogP contribution is -2.39. The van der Waals surface area contributed by atoms with Gasteiger partial charge in [-0.25, -0.2) is 0 Å². The zero-order chi connectivity index (χ0) is 13.0. The number of aryl methyl sites for hydroxylation is 1. The number of carbonyl (C=O) groups is 1. The second-order valence-electron chi connectivity index (χ2n) is 4.42. The van der Waals surface area contributed by atoms with Crippen LogP contribution in [0.25, 0.3) is 0 Å². The van der Waals surface area contributed by atoms with Gasteiger partial charge in [0, 0.05) is 30.5 Å². The third-order valence-electron chi connectivity index (χ3n) is 2.74. The van der Waals surface area contributed by atoms with E-state index in [1.165, 1.54) is 12.3 Å². The van der Waals surface area contributed by atoms with Crippen LogP contribution in [0.5, 0.6) is 0 Å². The maximum atomic E-state index is 11.8. The molecular formula is C12H19N3O2. The summed E-state index contributed by atoms with van der Waals surface area (Å²) in [5.41, 5.74) is 0.644. The minimum atomic E-state index is -0.333. The van der Waals surface area contributed by atoms with Gasteiger partial charge in [-0.15, -0.1) is 0 Å². The molecule has 0 aromatic carbocycles. The molecule has 0 aliphatic rings. The predicted molar refractivity (Wildman–Crippen MR) is 67.3 cm³/mol. The van der Waals surface area contributed by atoms with E-state index in [9.17, 15) is 9.59 Å². The van der Waals surface area contributed by atoms with E-state index in [1.807, 2.05) is 25.9 Å². The Morgan fingerprint density at radius 1 is 1.53 bits per heavy atom. The minimum absolute atomic E-state index is 0.154. The Labute approximate surface area is 101 Å². The van der Waals surface area contributed by atoms with Crippen molar-refractivity contribution in [2.45, 2.75) is 19.9 Å². The Hall–Kier alpha value is -1.62. The summed E-state index contributed by atoms with van der Waals surface area (Å²) in [5, 5.41) is 2.74. The van der Waals surface area contributed by atoms with Crippen LogP contribution in [0.15, 0.2) is 17.1 Å². The van der Waals surface area contributed by atoms with Gasteiger partial charge in [0.25, 0.3) is 5.91 Å². The van der Waals surface area contributed by atoms with Crippen LogP contribution in [-0.4, -0.2) is 42.5 Å². The SMILES string of the molecule is Cc1cc(=O)c(C(=O)NCC(C)N(C)C)c[nH]1. The number of aromatic nitrogens is 1. The zero-order valence-corrected chi connectivity index (χ0v) is 10.7. The third kappa shape index (κ3) is 3.71. The molecule has 0 saturated heterocycles. The largest absolute Gasteiger partial charge is 0.364 e. The Morgan fingerprint density at radius 3 is 2.71 bits per heavy atom. The molecule has 1 rings (SSSR count). The maximum Gasteiger partial charge on any atom is 0.256 e. The van der Waals surface area contributed by atoms with Crippen molar-refractivity contribution in [1.29, 1.82) is 0 Å². The predicted octanol–water partition coefficient (Wildman–Crippen LogP) is 0.363. The molecule has 5 nitrogen and oxygen atoms in total. The van der Waals surface area contributed by atoms with Gasteiger partial charge in [-0.2, -0.15) is 0 Å². The van der Waals surface area contributed by atoms with Gasteiger partial charge in [-0.05, 0) is 27.9 Å². The first-order valence-electron chi connectivity index (χ1n) is 5.55. The fourth-order valence-corrected chi connectivity index (χ4v) is 1.27. The molecule has 1 aromatic heterocycles. The highest BCUT2D eigenvalue weighted by molar-refractivity contribution is 5.93. The van der Waals surface area contributed by atoms with Gasteiger partial charge in [0.05, 0.1) is 0 Å². The molecule has 0 saturated carbocycles.